The molecule has 2 aromatic rings. The Labute approximate surface area is 119 Å². The highest BCUT2D eigenvalue weighted by Gasteiger charge is 2.12. The third kappa shape index (κ3) is 2.75. The summed E-state index contributed by atoms with van der Waals surface area (Å²) in [7, 11) is 0. The molecule has 94 valence electrons. The average molecular weight is 357 g/mol. The van der Waals surface area contributed by atoms with Crippen LogP contribution in [0, 0.1) is 9.39 Å². The lowest BCUT2D eigenvalue weighted by Crippen LogP contribution is -2.08. The first kappa shape index (κ1) is 13.1. The summed E-state index contributed by atoms with van der Waals surface area (Å²) < 4.78 is 14.0. The molecule has 0 bridgehead atoms. The number of halogens is 2. The molecule has 0 aliphatic heterocycles. The molecule has 0 fully saturated rings. The molecule has 2 nitrogen and oxygen atoms in total. The largest absolute Gasteiger partial charge is 0.508 e. The van der Waals surface area contributed by atoms with Crippen molar-refractivity contribution in [1.29, 1.82) is 0 Å². The molecule has 4 heteroatoms. The highest BCUT2D eigenvalue weighted by molar-refractivity contribution is 14.1. The van der Waals surface area contributed by atoms with Gasteiger partial charge in [0.2, 0.25) is 0 Å². The van der Waals surface area contributed by atoms with Crippen molar-refractivity contribution in [3.63, 3.8) is 0 Å². The van der Waals surface area contributed by atoms with Crippen LogP contribution in [0.5, 0.6) is 5.75 Å². The lowest BCUT2D eigenvalue weighted by molar-refractivity contribution is 0.465. The van der Waals surface area contributed by atoms with Crippen molar-refractivity contribution in [2.45, 2.75) is 13.0 Å². The highest BCUT2D eigenvalue weighted by Crippen LogP contribution is 2.29. The third-order valence-electron chi connectivity index (χ3n) is 2.73. The van der Waals surface area contributed by atoms with Crippen molar-refractivity contribution in [2.24, 2.45) is 0 Å². The monoisotopic (exact) mass is 357 g/mol. The molecule has 1 unspecified atom stereocenters. The number of hydrogen-bond donors (Lipinski definition) is 2. The Balaban J connectivity index is 2.24. The molecule has 0 radical (unpaired) electrons. The molecule has 0 spiro atoms. The number of anilines is 1. The summed E-state index contributed by atoms with van der Waals surface area (Å²) in [5, 5.41) is 13.0. The zero-order chi connectivity index (χ0) is 13.1. The van der Waals surface area contributed by atoms with Gasteiger partial charge in [-0.15, -0.1) is 0 Å². The summed E-state index contributed by atoms with van der Waals surface area (Å²) in [6.07, 6.45) is 0. The van der Waals surface area contributed by atoms with Crippen LogP contribution in [-0.4, -0.2) is 5.11 Å². The fourth-order valence-electron chi connectivity index (χ4n) is 1.78. The quantitative estimate of drug-likeness (QED) is 0.803. The van der Waals surface area contributed by atoms with Gasteiger partial charge in [-0.2, -0.15) is 0 Å². The second kappa shape index (κ2) is 5.56. The summed E-state index contributed by atoms with van der Waals surface area (Å²) in [5.74, 6) is -0.00556. The van der Waals surface area contributed by atoms with Crippen molar-refractivity contribution < 1.29 is 9.50 Å². The predicted molar refractivity (Wildman–Crippen MR) is 79.3 cm³/mol. The van der Waals surface area contributed by atoms with Gasteiger partial charge in [0.15, 0.2) is 0 Å². The van der Waals surface area contributed by atoms with Crippen LogP contribution < -0.4 is 5.32 Å². The van der Waals surface area contributed by atoms with E-state index >= 15 is 0 Å². The maximum Gasteiger partial charge on any atom is 0.138 e. The predicted octanol–water partition coefficient (Wildman–Crippen LogP) is 4.31. The van der Waals surface area contributed by atoms with Gasteiger partial charge in [0, 0.05) is 5.56 Å². The molecule has 0 aliphatic rings. The van der Waals surface area contributed by atoms with Gasteiger partial charge in [0.1, 0.15) is 11.6 Å². The number of rotatable bonds is 3. The summed E-state index contributed by atoms with van der Waals surface area (Å²) in [4.78, 5) is 0. The fourth-order valence-corrected chi connectivity index (χ4v) is 2.30. The smallest absolute Gasteiger partial charge is 0.138 e. The summed E-state index contributed by atoms with van der Waals surface area (Å²) in [5.41, 5.74) is 1.52. The number of phenolic OH excluding ortho intramolecular Hbond substituents is 1. The van der Waals surface area contributed by atoms with Crippen LogP contribution in [0.25, 0.3) is 0 Å². The summed E-state index contributed by atoms with van der Waals surface area (Å²) in [6.45, 7) is 1.93. The summed E-state index contributed by atoms with van der Waals surface area (Å²) in [6, 6.07) is 11.9. The minimum atomic E-state index is -0.245. The Kier molecular flexibility index (Phi) is 4.06. The van der Waals surface area contributed by atoms with Crippen LogP contribution in [0.3, 0.4) is 0 Å². The van der Waals surface area contributed by atoms with Crippen LogP contribution in [0.2, 0.25) is 0 Å². The average Bonchev–Trinajstić information content (AvgIpc) is 2.35. The topological polar surface area (TPSA) is 32.3 Å². The van der Waals surface area contributed by atoms with Gasteiger partial charge in [-0.1, -0.05) is 24.3 Å². The van der Waals surface area contributed by atoms with Gasteiger partial charge in [0.25, 0.3) is 0 Å². The molecular weight excluding hydrogens is 344 g/mol. The molecule has 2 rings (SSSR count). The first-order chi connectivity index (χ1) is 8.59. The highest BCUT2D eigenvalue weighted by atomic mass is 127. The Bertz CT molecular complexity index is 559. The normalized spacial score (nSPS) is 12.2. The van der Waals surface area contributed by atoms with E-state index in [1.54, 1.807) is 18.2 Å². The third-order valence-corrected chi connectivity index (χ3v) is 3.82. The Morgan fingerprint density at radius 3 is 2.61 bits per heavy atom. The molecule has 18 heavy (non-hydrogen) atoms. The van der Waals surface area contributed by atoms with Gasteiger partial charge in [-0.25, -0.2) is 4.39 Å². The van der Waals surface area contributed by atoms with E-state index in [-0.39, 0.29) is 17.6 Å². The van der Waals surface area contributed by atoms with Crippen LogP contribution in [0.1, 0.15) is 18.5 Å². The molecular formula is C14H13FINO. The number of benzene rings is 2. The zero-order valence-electron chi connectivity index (χ0n) is 9.82. The van der Waals surface area contributed by atoms with E-state index in [0.29, 0.717) is 3.57 Å². The molecule has 0 aromatic heterocycles. The molecule has 2 aromatic carbocycles. The summed E-state index contributed by atoms with van der Waals surface area (Å²) >= 11 is 1.97. The van der Waals surface area contributed by atoms with E-state index in [1.807, 2.05) is 47.7 Å². The zero-order valence-corrected chi connectivity index (χ0v) is 12.0. The minimum Gasteiger partial charge on any atom is -0.508 e. The van der Waals surface area contributed by atoms with Crippen molar-refractivity contribution in [3.05, 3.63) is 57.4 Å². The molecule has 0 saturated heterocycles. The van der Waals surface area contributed by atoms with Crippen molar-refractivity contribution in [2.75, 3.05) is 5.32 Å². The molecule has 0 heterocycles. The van der Waals surface area contributed by atoms with Gasteiger partial charge in [-0.3, -0.25) is 0 Å². The Morgan fingerprint density at radius 2 is 1.89 bits per heavy atom. The standard InChI is InChI=1S/C14H13FINO/c1-9(10-5-2-3-8-13(10)18)17-12-7-4-6-11(15)14(12)16/h2-9,17-18H,1H3. The molecule has 0 aliphatic carbocycles. The minimum absolute atomic E-state index is 0.0958. The Hall–Kier alpha value is -1.30. The van der Waals surface area contributed by atoms with Crippen molar-refractivity contribution in [3.8, 4) is 5.75 Å². The van der Waals surface area contributed by atoms with E-state index in [2.05, 4.69) is 5.32 Å². The van der Waals surface area contributed by atoms with Crippen LogP contribution in [-0.2, 0) is 0 Å². The van der Waals surface area contributed by atoms with E-state index in [4.69, 9.17) is 0 Å². The van der Waals surface area contributed by atoms with Crippen LogP contribution in [0.4, 0.5) is 10.1 Å². The molecule has 0 saturated carbocycles. The first-order valence-corrected chi connectivity index (χ1v) is 6.66. The van der Waals surface area contributed by atoms with E-state index < -0.39 is 0 Å². The van der Waals surface area contributed by atoms with Crippen LogP contribution in [0.15, 0.2) is 42.5 Å². The molecule has 2 N–H and O–H groups in total. The van der Waals surface area contributed by atoms with Gasteiger partial charge in [0.05, 0.1) is 15.3 Å². The Morgan fingerprint density at radius 1 is 1.17 bits per heavy atom. The fraction of sp³-hybridized carbons (Fsp3) is 0.143. The maximum atomic E-state index is 13.4. The number of para-hydroxylation sites is 1. The first-order valence-electron chi connectivity index (χ1n) is 5.58. The van der Waals surface area contributed by atoms with Gasteiger partial charge >= 0.3 is 0 Å². The number of hydrogen-bond acceptors (Lipinski definition) is 2. The van der Waals surface area contributed by atoms with Crippen LogP contribution >= 0.6 is 22.6 Å². The second-order valence-corrected chi connectivity index (χ2v) is 5.10. The van der Waals surface area contributed by atoms with E-state index in [1.165, 1.54) is 6.07 Å². The van der Waals surface area contributed by atoms with Gasteiger partial charge in [-0.05, 0) is 47.7 Å². The number of aromatic hydroxyl groups is 1. The second-order valence-electron chi connectivity index (χ2n) is 4.03. The number of nitrogens with one attached hydrogen (secondary N) is 1. The SMILES string of the molecule is CC(Nc1cccc(F)c1I)c1ccccc1O. The van der Waals surface area contributed by atoms with Crippen molar-refractivity contribution >= 4 is 28.3 Å². The van der Waals surface area contributed by atoms with Crippen molar-refractivity contribution in [1.82, 2.24) is 0 Å². The lowest BCUT2D eigenvalue weighted by Gasteiger charge is -2.18. The lowest BCUT2D eigenvalue weighted by atomic mass is 10.1. The molecule has 1 atom stereocenters. The van der Waals surface area contributed by atoms with E-state index in [0.717, 1.165) is 11.3 Å². The molecule has 0 amide bonds. The van der Waals surface area contributed by atoms with Gasteiger partial charge < -0.3 is 10.4 Å². The number of phenols is 1. The maximum absolute atomic E-state index is 13.4. The van der Waals surface area contributed by atoms with E-state index in [9.17, 15) is 9.50 Å².